The molecule has 0 aromatic carbocycles. The van der Waals surface area contributed by atoms with Crippen LogP contribution in [0.1, 0.15) is 37.3 Å². The third kappa shape index (κ3) is 2.95. The van der Waals surface area contributed by atoms with Crippen molar-refractivity contribution in [1.29, 1.82) is 0 Å². The van der Waals surface area contributed by atoms with E-state index < -0.39 is 0 Å². The molecule has 2 aliphatic heterocycles. The van der Waals surface area contributed by atoms with Gasteiger partial charge < -0.3 is 10.2 Å². The normalized spacial score (nSPS) is 26.1. The van der Waals surface area contributed by atoms with Crippen LogP contribution in [0.5, 0.6) is 0 Å². The molecule has 5 nitrogen and oxygen atoms in total. The molecule has 0 saturated carbocycles. The lowest BCUT2D eigenvalue weighted by Gasteiger charge is -2.25. The SMILES string of the molecule is Cn1cc([C@@H]2CCCN2C(=O)NC[C@@H]2CCCS2)cn1. The van der Waals surface area contributed by atoms with Crippen molar-refractivity contribution in [3.05, 3.63) is 18.0 Å². The smallest absolute Gasteiger partial charge is 0.317 e. The molecule has 3 rings (SSSR count). The predicted molar refractivity (Wildman–Crippen MR) is 80.8 cm³/mol. The van der Waals surface area contributed by atoms with Crippen LogP contribution in [0.4, 0.5) is 4.79 Å². The van der Waals surface area contributed by atoms with Crippen LogP contribution in [0.3, 0.4) is 0 Å². The molecule has 0 spiro atoms. The Morgan fingerprint density at radius 2 is 2.40 bits per heavy atom. The number of rotatable bonds is 3. The van der Waals surface area contributed by atoms with Crippen molar-refractivity contribution >= 4 is 17.8 Å². The van der Waals surface area contributed by atoms with Crippen LogP contribution < -0.4 is 5.32 Å². The highest BCUT2D eigenvalue weighted by Gasteiger charge is 2.31. The number of carbonyl (C=O) groups is 1. The van der Waals surface area contributed by atoms with Crippen LogP contribution in [-0.4, -0.2) is 44.8 Å². The third-order valence-electron chi connectivity index (χ3n) is 4.13. The van der Waals surface area contributed by atoms with Crippen LogP contribution in [0.25, 0.3) is 0 Å². The Morgan fingerprint density at radius 1 is 1.50 bits per heavy atom. The number of carbonyl (C=O) groups excluding carboxylic acids is 1. The summed E-state index contributed by atoms with van der Waals surface area (Å²) in [4.78, 5) is 14.3. The molecule has 1 aromatic rings. The fourth-order valence-electron chi connectivity index (χ4n) is 3.08. The zero-order chi connectivity index (χ0) is 13.9. The number of likely N-dealkylation sites (tertiary alicyclic amines) is 1. The van der Waals surface area contributed by atoms with Gasteiger partial charge in [0.2, 0.25) is 0 Å². The monoisotopic (exact) mass is 294 g/mol. The van der Waals surface area contributed by atoms with E-state index in [1.54, 1.807) is 4.68 Å². The van der Waals surface area contributed by atoms with Crippen LogP contribution in [0.15, 0.2) is 12.4 Å². The van der Waals surface area contributed by atoms with Gasteiger partial charge in [0, 0.05) is 37.1 Å². The van der Waals surface area contributed by atoms with E-state index in [-0.39, 0.29) is 12.1 Å². The molecule has 20 heavy (non-hydrogen) atoms. The van der Waals surface area contributed by atoms with E-state index in [4.69, 9.17) is 0 Å². The summed E-state index contributed by atoms with van der Waals surface area (Å²) in [6.45, 7) is 1.66. The van der Waals surface area contributed by atoms with Crippen molar-refractivity contribution in [3.63, 3.8) is 0 Å². The first-order valence-corrected chi connectivity index (χ1v) is 8.43. The fourth-order valence-corrected chi connectivity index (χ4v) is 4.28. The maximum Gasteiger partial charge on any atom is 0.317 e. The van der Waals surface area contributed by atoms with Gasteiger partial charge in [0.1, 0.15) is 0 Å². The molecule has 2 amide bonds. The van der Waals surface area contributed by atoms with Gasteiger partial charge in [0.25, 0.3) is 0 Å². The first-order chi connectivity index (χ1) is 9.74. The Labute approximate surface area is 124 Å². The number of amides is 2. The summed E-state index contributed by atoms with van der Waals surface area (Å²) in [5.74, 6) is 1.24. The topological polar surface area (TPSA) is 50.2 Å². The maximum atomic E-state index is 12.4. The van der Waals surface area contributed by atoms with Crippen molar-refractivity contribution in [2.45, 2.75) is 37.0 Å². The van der Waals surface area contributed by atoms with Crippen LogP contribution >= 0.6 is 11.8 Å². The molecule has 6 heteroatoms. The number of hydrogen-bond donors (Lipinski definition) is 1. The van der Waals surface area contributed by atoms with Gasteiger partial charge in [-0.3, -0.25) is 4.68 Å². The molecule has 0 aliphatic carbocycles. The summed E-state index contributed by atoms with van der Waals surface area (Å²) in [5, 5.41) is 7.94. The minimum absolute atomic E-state index is 0.0869. The summed E-state index contributed by atoms with van der Waals surface area (Å²) in [6, 6.07) is 0.281. The van der Waals surface area contributed by atoms with Gasteiger partial charge in [0.15, 0.2) is 0 Å². The van der Waals surface area contributed by atoms with E-state index in [0.717, 1.165) is 31.5 Å². The summed E-state index contributed by atoms with van der Waals surface area (Å²) in [6.07, 6.45) is 8.53. The number of thioether (sulfide) groups is 1. The minimum atomic E-state index is 0.0869. The van der Waals surface area contributed by atoms with Gasteiger partial charge in [-0.1, -0.05) is 0 Å². The average Bonchev–Trinajstić information content (AvgIpc) is 3.16. The highest BCUT2D eigenvalue weighted by atomic mass is 32.2. The molecule has 0 unspecified atom stereocenters. The first-order valence-electron chi connectivity index (χ1n) is 7.38. The number of nitrogens with one attached hydrogen (secondary N) is 1. The second-order valence-electron chi connectivity index (χ2n) is 5.62. The predicted octanol–water partition coefficient (Wildman–Crippen LogP) is 2.16. The van der Waals surface area contributed by atoms with E-state index in [1.165, 1.54) is 18.6 Å². The van der Waals surface area contributed by atoms with Crippen molar-refractivity contribution in [1.82, 2.24) is 20.0 Å². The van der Waals surface area contributed by atoms with E-state index in [9.17, 15) is 4.79 Å². The number of hydrogen-bond acceptors (Lipinski definition) is 3. The van der Waals surface area contributed by atoms with Crippen molar-refractivity contribution in [2.75, 3.05) is 18.8 Å². The zero-order valence-electron chi connectivity index (χ0n) is 11.9. The molecule has 0 radical (unpaired) electrons. The van der Waals surface area contributed by atoms with E-state index >= 15 is 0 Å². The lowest BCUT2D eigenvalue weighted by Crippen LogP contribution is -2.41. The molecule has 2 atom stereocenters. The second kappa shape index (κ2) is 6.08. The molecule has 110 valence electrons. The Bertz CT molecular complexity index is 469. The van der Waals surface area contributed by atoms with Gasteiger partial charge in [-0.15, -0.1) is 0 Å². The van der Waals surface area contributed by atoms with E-state index in [0.29, 0.717) is 5.25 Å². The fraction of sp³-hybridized carbons (Fsp3) is 0.714. The number of aryl methyl sites for hydroxylation is 1. The second-order valence-corrected chi connectivity index (χ2v) is 7.03. The minimum Gasteiger partial charge on any atom is -0.337 e. The summed E-state index contributed by atoms with van der Waals surface area (Å²) in [5.41, 5.74) is 1.15. The first kappa shape index (κ1) is 13.8. The lowest BCUT2D eigenvalue weighted by atomic mass is 10.1. The van der Waals surface area contributed by atoms with Crippen molar-refractivity contribution in [3.8, 4) is 0 Å². The molecular weight excluding hydrogens is 272 g/mol. The van der Waals surface area contributed by atoms with Gasteiger partial charge in [-0.25, -0.2) is 4.79 Å². The Balaban J connectivity index is 1.58. The quantitative estimate of drug-likeness (QED) is 0.929. The Kier molecular flexibility index (Phi) is 4.19. The average molecular weight is 294 g/mol. The van der Waals surface area contributed by atoms with Gasteiger partial charge in [-0.2, -0.15) is 16.9 Å². The largest absolute Gasteiger partial charge is 0.337 e. The van der Waals surface area contributed by atoms with Crippen LogP contribution in [-0.2, 0) is 7.05 Å². The highest BCUT2D eigenvalue weighted by Crippen LogP contribution is 2.31. The molecule has 3 heterocycles. The standard InChI is InChI=1S/C14H22N4OS/c1-17-10-11(8-16-17)13-5-2-6-18(13)14(19)15-9-12-4-3-7-20-12/h8,10,12-13H,2-7,9H2,1H3,(H,15,19)/t12-,13-/m0/s1. The molecule has 2 saturated heterocycles. The summed E-state index contributed by atoms with van der Waals surface area (Å²) >= 11 is 1.98. The molecule has 1 aromatic heterocycles. The lowest BCUT2D eigenvalue weighted by molar-refractivity contribution is 0.193. The molecule has 0 bridgehead atoms. The van der Waals surface area contributed by atoms with Gasteiger partial charge in [-0.05, 0) is 31.4 Å². The Hall–Kier alpha value is -1.17. The summed E-state index contributed by atoms with van der Waals surface area (Å²) in [7, 11) is 1.92. The molecule has 2 aliphatic rings. The summed E-state index contributed by atoms with van der Waals surface area (Å²) < 4.78 is 1.80. The molecule has 1 N–H and O–H groups in total. The van der Waals surface area contributed by atoms with Gasteiger partial charge >= 0.3 is 6.03 Å². The Morgan fingerprint density at radius 3 is 3.10 bits per heavy atom. The third-order valence-corrected chi connectivity index (χ3v) is 5.53. The molecule has 2 fully saturated rings. The van der Waals surface area contributed by atoms with Crippen LogP contribution in [0, 0.1) is 0 Å². The van der Waals surface area contributed by atoms with E-state index in [2.05, 4.69) is 10.4 Å². The molecular formula is C14H22N4OS. The number of urea groups is 1. The zero-order valence-corrected chi connectivity index (χ0v) is 12.7. The number of nitrogens with zero attached hydrogens (tertiary/aromatic N) is 3. The van der Waals surface area contributed by atoms with Crippen molar-refractivity contribution in [2.24, 2.45) is 7.05 Å². The van der Waals surface area contributed by atoms with Crippen molar-refractivity contribution < 1.29 is 4.79 Å². The highest BCUT2D eigenvalue weighted by molar-refractivity contribution is 8.00. The van der Waals surface area contributed by atoms with Gasteiger partial charge in [0.05, 0.1) is 12.2 Å². The van der Waals surface area contributed by atoms with Crippen LogP contribution in [0.2, 0.25) is 0 Å². The maximum absolute atomic E-state index is 12.4. The van der Waals surface area contributed by atoms with E-state index in [1.807, 2.05) is 36.1 Å². The number of aromatic nitrogens is 2.